The van der Waals surface area contributed by atoms with Crippen molar-refractivity contribution in [3.8, 4) is 5.75 Å². The normalized spacial score (nSPS) is 16.7. The number of hydrogen-bond acceptors (Lipinski definition) is 6. The first-order valence-electron chi connectivity index (χ1n) is 8.74. The maximum Gasteiger partial charge on any atom is 0.325 e. The summed E-state index contributed by atoms with van der Waals surface area (Å²) in [5.74, 6) is -1.40. The van der Waals surface area contributed by atoms with Gasteiger partial charge in [-0.1, -0.05) is 23.8 Å². The highest BCUT2D eigenvalue weighted by Crippen LogP contribution is 2.30. The fourth-order valence-electron chi connectivity index (χ4n) is 2.68. The summed E-state index contributed by atoms with van der Waals surface area (Å²) in [6, 6.07) is 0.205. The van der Waals surface area contributed by atoms with Crippen molar-refractivity contribution >= 4 is 17.6 Å². The molecule has 2 heterocycles. The van der Waals surface area contributed by atoms with Crippen LogP contribution in [-0.4, -0.2) is 33.1 Å². The quantitative estimate of drug-likeness (QED) is 0.690. The van der Waals surface area contributed by atoms with E-state index < -0.39 is 23.7 Å². The van der Waals surface area contributed by atoms with Gasteiger partial charge in [0.15, 0.2) is 11.5 Å². The van der Waals surface area contributed by atoms with Gasteiger partial charge in [0.25, 0.3) is 5.91 Å². The molecule has 0 bridgehead atoms. The minimum Gasteiger partial charge on any atom is -0.505 e. The zero-order valence-electron chi connectivity index (χ0n) is 15.2. The maximum absolute atomic E-state index is 12.1. The van der Waals surface area contributed by atoms with E-state index in [0.29, 0.717) is 23.5 Å². The van der Waals surface area contributed by atoms with Crippen LogP contribution in [0.1, 0.15) is 42.2 Å². The number of carboxylic acid groups (broad SMARTS) is 1. The number of ether oxygens (including phenoxy) is 2. The minimum atomic E-state index is -1.19. The number of aromatic hydroxyl groups is 1. The lowest BCUT2D eigenvalue weighted by molar-refractivity contribution is -0.138. The molecule has 1 atom stereocenters. The van der Waals surface area contributed by atoms with Crippen LogP contribution >= 0.6 is 0 Å². The Morgan fingerprint density at radius 3 is 2.86 bits per heavy atom. The van der Waals surface area contributed by atoms with Gasteiger partial charge in [-0.2, -0.15) is 0 Å². The Labute approximate surface area is 161 Å². The number of carbonyl (C=O) groups is 2. The number of amides is 1. The second-order valence-electron chi connectivity index (χ2n) is 6.40. The number of hydrogen-bond donors (Lipinski definition) is 3. The highest BCUT2D eigenvalue weighted by molar-refractivity contribution is 5.97. The monoisotopic (exact) mass is 384 g/mol. The molecular formula is C20H20N2O6. The Morgan fingerprint density at radius 1 is 1.36 bits per heavy atom. The molecule has 8 nitrogen and oxygen atoms in total. The molecule has 1 aromatic heterocycles. The van der Waals surface area contributed by atoms with Gasteiger partial charge in [-0.15, -0.1) is 0 Å². The molecule has 146 valence electrons. The number of carboxylic acids is 1. The Balaban J connectivity index is 1.69. The fourth-order valence-corrected chi connectivity index (χ4v) is 2.68. The first-order chi connectivity index (χ1) is 13.4. The van der Waals surface area contributed by atoms with Gasteiger partial charge in [-0.3, -0.25) is 9.59 Å². The van der Waals surface area contributed by atoms with E-state index in [4.69, 9.17) is 14.6 Å². The molecule has 1 amide bonds. The largest absolute Gasteiger partial charge is 0.505 e. The van der Waals surface area contributed by atoms with E-state index in [9.17, 15) is 14.7 Å². The van der Waals surface area contributed by atoms with Crippen LogP contribution in [0.3, 0.4) is 0 Å². The molecule has 1 aliphatic carbocycles. The van der Waals surface area contributed by atoms with Gasteiger partial charge in [-0.25, -0.2) is 4.98 Å². The molecule has 0 saturated heterocycles. The fraction of sp³-hybridized carbons (Fsp3) is 0.250. The smallest absolute Gasteiger partial charge is 0.325 e. The van der Waals surface area contributed by atoms with E-state index in [1.54, 1.807) is 0 Å². The molecule has 1 aliphatic heterocycles. The van der Waals surface area contributed by atoms with Crippen LogP contribution in [0.25, 0.3) is 5.76 Å². The van der Waals surface area contributed by atoms with E-state index in [1.807, 2.05) is 12.2 Å². The average Bonchev–Trinajstić information content (AvgIpc) is 2.68. The summed E-state index contributed by atoms with van der Waals surface area (Å²) in [6.45, 7) is 1.31. The molecule has 1 unspecified atom stereocenters. The van der Waals surface area contributed by atoms with E-state index in [1.165, 1.54) is 37.3 Å². The van der Waals surface area contributed by atoms with Crippen molar-refractivity contribution in [2.45, 2.75) is 32.2 Å². The number of aliphatic carboxylic acids is 1. The van der Waals surface area contributed by atoms with Gasteiger partial charge in [0, 0.05) is 18.2 Å². The molecule has 2 aliphatic rings. The van der Waals surface area contributed by atoms with Crippen LogP contribution in [-0.2, 0) is 14.3 Å². The Bertz CT molecular complexity index is 913. The van der Waals surface area contributed by atoms with Gasteiger partial charge >= 0.3 is 5.97 Å². The number of carbonyl (C=O) groups excluding carboxylic acids is 1. The molecule has 3 rings (SSSR count). The number of rotatable bonds is 6. The summed E-state index contributed by atoms with van der Waals surface area (Å²) in [4.78, 5) is 26.8. The minimum absolute atomic E-state index is 0.274. The highest BCUT2D eigenvalue weighted by Gasteiger charge is 2.21. The third-order valence-electron chi connectivity index (χ3n) is 4.20. The van der Waals surface area contributed by atoms with Crippen LogP contribution < -0.4 is 5.32 Å². The molecule has 0 aromatic carbocycles. The second-order valence-corrected chi connectivity index (χ2v) is 6.40. The molecule has 0 spiro atoms. The number of aromatic nitrogens is 1. The molecular weight excluding hydrogens is 364 g/mol. The first kappa shape index (κ1) is 19.2. The summed E-state index contributed by atoms with van der Waals surface area (Å²) >= 11 is 0. The van der Waals surface area contributed by atoms with E-state index in [2.05, 4.69) is 16.4 Å². The summed E-state index contributed by atoms with van der Waals surface area (Å²) in [5, 5.41) is 21.2. The Kier molecular flexibility index (Phi) is 5.78. The van der Waals surface area contributed by atoms with Crippen LogP contribution in [0.2, 0.25) is 0 Å². The second kappa shape index (κ2) is 8.43. The lowest BCUT2D eigenvalue weighted by Gasteiger charge is -2.19. The zero-order valence-corrected chi connectivity index (χ0v) is 15.2. The van der Waals surface area contributed by atoms with Gasteiger partial charge in [0.05, 0.1) is 0 Å². The summed E-state index contributed by atoms with van der Waals surface area (Å²) in [7, 11) is 0. The molecule has 8 heteroatoms. The van der Waals surface area contributed by atoms with Gasteiger partial charge in [0.1, 0.15) is 30.1 Å². The predicted molar refractivity (Wildman–Crippen MR) is 99.8 cm³/mol. The Hall–Kier alpha value is -3.55. The Morgan fingerprint density at radius 2 is 2.18 bits per heavy atom. The van der Waals surface area contributed by atoms with Crippen LogP contribution in [0.4, 0.5) is 0 Å². The first-order valence-corrected chi connectivity index (χ1v) is 8.74. The maximum atomic E-state index is 12.1. The number of nitrogens with one attached hydrogen (secondary N) is 1. The summed E-state index contributed by atoms with van der Waals surface area (Å²) in [6.07, 6.45) is 13.0. The van der Waals surface area contributed by atoms with Crippen molar-refractivity contribution in [1.82, 2.24) is 10.3 Å². The zero-order chi connectivity index (χ0) is 20.1. The molecule has 1 aromatic rings. The standard InChI is InChI=1S/C20H20N2O6/c1-12(20(25)26)22-19(24)18-16(23)8-14(9-21-18)17-11-27-10-15(28-17)7-13-5-3-2-4-6-13/h2-3,5,8-12,23H,4,6-7H2,1H3,(H,22,24)(H,25,26). The van der Waals surface area contributed by atoms with Crippen molar-refractivity contribution in [2.75, 3.05) is 0 Å². The third-order valence-corrected chi connectivity index (χ3v) is 4.20. The lowest BCUT2D eigenvalue weighted by atomic mass is 10.0. The SMILES string of the molecule is CC(NC(=O)c1ncc(C2=COC=C(CC3=CC=CCC3)O2)cc1O)C(=O)O. The topological polar surface area (TPSA) is 118 Å². The number of allylic oxidation sites excluding steroid dienone is 4. The number of nitrogens with zero attached hydrogens (tertiary/aromatic N) is 1. The van der Waals surface area contributed by atoms with Gasteiger partial charge in [0.2, 0.25) is 0 Å². The molecule has 28 heavy (non-hydrogen) atoms. The molecule has 0 saturated carbocycles. The molecule has 3 N–H and O–H groups in total. The summed E-state index contributed by atoms with van der Waals surface area (Å²) < 4.78 is 11.2. The molecule has 0 radical (unpaired) electrons. The van der Waals surface area contributed by atoms with Crippen LogP contribution in [0.5, 0.6) is 5.75 Å². The van der Waals surface area contributed by atoms with Crippen LogP contribution in [0, 0.1) is 0 Å². The predicted octanol–water partition coefficient (Wildman–Crippen LogP) is 2.84. The van der Waals surface area contributed by atoms with Gasteiger partial charge < -0.3 is 25.0 Å². The highest BCUT2D eigenvalue weighted by atomic mass is 16.5. The number of pyridine rings is 1. The van der Waals surface area contributed by atoms with Crippen molar-refractivity contribution in [1.29, 1.82) is 0 Å². The van der Waals surface area contributed by atoms with Crippen molar-refractivity contribution in [3.05, 3.63) is 65.6 Å². The average molecular weight is 384 g/mol. The lowest BCUT2D eigenvalue weighted by Crippen LogP contribution is -2.38. The van der Waals surface area contributed by atoms with E-state index in [0.717, 1.165) is 12.8 Å². The van der Waals surface area contributed by atoms with Gasteiger partial charge in [-0.05, 0) is 25.8 Å². The van der Waals surface area contributed by atoms with Crippen molar-refractivity contribution in [2.24, 2.45) is 0 Å². The van der Waals surface area contributed by atoms with E-state index in [-0.39, 0.29) is 5.69 Å². The third kappa shape index (κ3) is 4.59. The van der Waals surface area contributed by atoms with E-state index >= 15 is 0 Å². The van der Waals surface area contributed by atoms with Crippen LogP contribution in [0.15, 0.2) is 54.3 Å². The summed E-state index contributed by atoms with van der Waals surface area (Å²) in [5.41, 5.74) is 1.37. The van der Waals surface area contributed by atoms with Crippen molar-refractivity contribution in [3.63, 3.8) is 0 Å². The van der Waals surface area contributed by atoms with Crippen molar-refractivity contribution < 1.29 is 29.3 Å². The molecule has 0 fully saturated rings.